The zero-order chi connectivity index (χ0) is 21.4. The van der Waals surface area contributed by atoms with Gasteiger partial charge in [-0.05, 0) is 50.8 Å². The molecule has 5 rings (SSSR count). The Kier molecular flexibility index (Phi) is 5.82. The van der Waals surface area contributed by atoms with Crippen LogP contribution in [0.15, 0.2) is 24.4 Å². The van der Waals surface area contributed by atoms with Crippen molar-refractivity contribution < 1.29 is 14.3 Å². The standard InChI is InChI=1S/C23H27ClN4O3/c1-14-10-17(6-9-31-14)28-21(12-22(29)26-16-4-7-30-8-5-16)27-20-13-25-19-3-2-15(24)11-18(19)23(20)28/h2-3,11,13-14,16-17H,4-10,12H2,1H3,(H,26,29)/t14-,17-/m1/s1. The fraction of sp³-hybridized carbons (Fsp3) is 0.522. The van der Waals surface area contributed by atoms with Gasteiger partial charge in [0.1, 0.15) is 11.3 Å². The molecule has 2 aliphatic heterocycles. The number of nitrogens with one attached hydrogen (secondary N) is 1. The minimum atomic E-state index is -0.00105. The second-order valence-corrected chi connectivity index (χ2v) is 8.98. The molecule has 4 heterocycles. The second kappa shape index (κ2) is 8.73. The summed E-state index contributed by atoms with van der Waals surface area (Å²) in [5.74, 6) is 0.770. The lowest BCUT2D eigenvalue weighted by Crippen LogP contribution is -2.40. The molecule has 164 valence electrons. The number of pyridine rings is 1. The van der Waals surface area contributed by atoms with Crippen LogP contribution in [-0.2, 0) is 20.7 Å². The number of imidazole rings is 1. The van der Waals surface area contributed by atoms with Crippen LogP contribution < -0.4 is 5.32 Å². The van der Waals surface area contributed by atoms with E-state index in [0.29, 0.717) is 24.8 Å². The van der Waals surface area contributed by atoms with Crippen LogP contribution in [0.3, 0.4) is 0 Å². The first kappa shape index (κ1) is 20.7. The Morgan fingerprint density at radius 2 is 2.06 bits per heavy atom. The number of rotatable bonds is 4. The molecule has 7 nitrogen and oxygen atoms in total. The lowest BCUT2D eigenvalue weighted by molar-refractivity contribution is -0.121. The molecular weight excluding hydrogens is 416 g/mol. The molecule has 0 spiro atoms. The van der Waals surface area contributed by atoms with Gasteiger partial charge in [-0.15, -0.1) is 0 Å². The molecule has 2 atom stereocenters. The van der Waals surface area contributed by atoms with E-state index in [1.165, 1.54) is 0 Å². The Bertz CT molecular complexity index is 1110. The summed E-state index contributed by atoms with van der Waals surface area (Å²) in [5, 5.41) is 4.79. The third kappa shape index (κ3) is 4.27. The van der Waals surface area contributed by atoms with E-state index in [1.54, 1.807) is 6.20 Å². The molecule has 1 amide bonds. The van der Waals surface area contributed by atoms with Crippen LogP contribution in [0, 0.1) is 0 Å². The largest absolute Gasteiger partial charge is 0.381 e. The molecule has 2 fully saturated rings. The van der Waals surface area contributed by atoms with E-state index in [4.69, 9.17) is 26.1 Å². The fourth-order valence-corrected chi connectivity index (χ4v) is 4.96. The molecule has 31 heavy (non-hydrogen) atoms. The first-order valence-electron chi connectivity index (χ1n) is 11.0. The molecule has 1 aromatic carbocycles. The lowest BCUT2D eigenvalue weighted by Gasteiger charge is -2.30. The number of fused-ring (bicyclic) bond motifs is 3. The Hall–Kier alpha value is -2.22. The number of aromatic nitrogens is 3. The number of carbonyl (C=O) groups is 1. The average molecular weight is 443 g/mol. The monoisotopic (exact) mass is 442 g/mol. The Balaban J connectivity index is 1.56. The lowest BCUT2D eigenvalue weighted by atomic mass is 10.0. The summed E-state index contributed by atoms with van der Waals surface area (Å²) in [6.45, 7) is 4.19. The van der Waals surface area contributed by atoms with Crippen molar-refractivity contribution in [1.29, 1.82) is 0 Å². The summed E-state index contributed by atoms with van der Waals surface area (Å²) in [4.78, 5) is 22.3. The highest BCUT2D eigenvalue weighted by Gasteiger charge is 2.27. The van der Waals surface area contributed by atoms with Gasteiger partial charge in [0.2, 0.25) is 5.91 Å². The van der Waals surface area contributed by atoms with Crippen molar-refractivity contribution in [3.63, 3.8) is 0 Å². The Morgan fingerprint density at radius 1 is 1.23 bits per heavy atom. The van der Waals surface area contributed by atoms with E-state index >= 15 is 0 Å². The van der Waals surface area contributed by atoms with Gasteiger partial charge in [0, 0.05) is 42.3 Å². The summed E-state index contributed by atoms with van der Waals surface area (Å²) in [6, 6.07) is 6.10. The minimum Gasteiger partial charge on any atom is -0.381 e. The minimum absolute atomic E-state index is 0.00105. The third-order valence-electron chi connectivity index (χ3n) is 6.28. The van der Waals surface area contributed by atoms with Gasteiger partial charge in [0.05, 0.1) is 29.8 Å². The maximum Gasteiger partial charge on any atom is 0.227 e. The van der Waals surface area contributed by atoms with E-state index in [-0.39, 0.29) is 30.5 Å². The van der Waals surface area contributed by atoms with Crippen molar-refractivity contribution in [3.05, 3.63) is 35.2 Å². The smallest absolute Gasteiger partial charge is 0.227 e. The van der Waals surface area contributed by atoms with Crippen LogP contribution in [0.2, 0.25) is 5.02 Å². The van der Waals surface area contributed by atoms with Gasteiger partial charge in [-0.2, -0.15) is 0 Å². The van der Waals surface area contributed by atoms with E-state index in [2.05, 4.69) is 21.8 Å². The maximum absolute atomic E-state index is 12.9. The summed E-state index contributed by atoms with van der Waals surface area (Å²) >= 11 is 6.33. The summed E-state index contributed by atoms with van der Waals surface area (Å²) in [6.07, 6.45) is 5.67. The molecule has 8 heteroatoms. The molecular formula is C23H27ClN4O3. The highest BCUT2D eigenvalue weighted by Crippen LogP contribution is 2.34. The van der Waals surface area contributed by atoms with Gasteiger partial charge in [0.15, 0.2) is 0 Å². The molecule has 2 aliphatic rings. The molecule has 0 saturated carbocycles. The van der Waals surface area contributed by atoms with E-state index in [9.17, 15) is 4.79 Å². The topological polar surface area (TPSA) is 78.3 Å². The molecule has 1 N–H and O–H groups in total. The summed E-state index contributed by atoms with van der Waals surface area (Å²) < 4.78 is 13.4. The van der Waals surface area contributed by atoms with Crippen molar-refractivity contribution in [2.45, 2.75) is 57.2 Å². The Morgan fingerprint density at radius 3 is 2.87 bits per heavy atom. The van der Waals surface area contributed by atoms with E-state index in [0.717, 1.165) is 53.4 Å². The number of amides is 1. The molecule has 2 saturated heterocycles. The van der Waals surface area contributed by atoms with Crippen molar-refractivity contribution >= 4 is 39.4 Å². The number of ether oxygens (including phenoxy) is 2. The van der Waals surface area contributed by atoms with Crippen LogP contribution in [-0.4, -0.2) is 52.4 Å². The van der Waals surface area contributed by atoms with Crippen molar-refractivity contribution in [2.24, 2.45) is 0 Å². The zero-order valence-electron chi connectivity index (χ0n) is 17.6. The summed E-state index contributed by atoms with van der Waals surface area (Å²) in [7, 11) is 0. The predicted molar refractivity (Wildman–Crippen MR) is 119 cm³/mol. The van der Waals surface area contributed by atoms with Gasteiger partial charge in [0.25, 0.3) is 0 Å². The second-order valence-electron chi connectivity index (χ2n) is 8.54. The molecule has 0 bridgehead atoms. The zero-order valence-corrected chi connectivity index (χ0v) is 18.4. The number of nitrogens with zero attached hydrogens (tertiary/aromatic N) is 3. The maximum atomic E-state index is 12.9. The summed E-state index contributed by atoms with van der Waals surface area (Å²) in [5.41, 5.74) is 2.67. The quantitative estimate of drug-likeness (QED) is 0.664. The number of hydrogen-bond acceptors (Lipinski definition) is 5. The molecule has 0 unspecified atom stereocenters. The van der Waals surface area contributed by atoms with Gasteiger partial charge in [-0.3, -0.25) is 9.78 Å². The normalized spacial score (nSPS) is 22.8. The molecule has 0 radical (unpaired) electrons. The van der Waals surface area contributed by atoms with Gasteiger partial charge >= 0.3 is 0 Å². The number of carbonyl (C=O) groups excluding carboxylic acids is 1. The van der Waals surface area contributed by atoms with Crippen LogP contribution in [0.4, 0.5) is 0 Å². The van der Waals surface area contributed by atoms with Gasteiger partial charge < -0.3 is 19.4 Å². The van der Waals surface area contributed by atoms with Gasteiger partial charge in [-0.1, -0.05) is 11.6 Å². The highest BCUT2D eigenvalue weighted by molar-refractivity contribution is 6.31. The van der Waals surface area contributed by atoms with Crippen LogP contribution in [0.5, 0.6) is 0 Å². The van der Waals surface area contributed by atoms with Crippen LogP contribution >= 0.6 is 11.6 Å². The third-order valence-corrected chi connectivity index (χ3v) is 6.51. The first-order valence-corrected chi connectivity index (χ1v) is 11.4. The average Bonchev–Trinajstić information content (AvgIpc) is 3.12. The molecule has 3 aromatic rings. The van der Waals surface area contributed by atoms with Crippen LogP contribution in [0.25, 0.3) is 21.9 Å². The number of benzene rings is 1. The highest BCUT2D eigenvalue weighted by atomic mass is 35.5. The SMILES string of the molecule is C[C@@H]1C[C@H](n2c(CC(=O)NC3CCOCC3)nc3cnc4ccc(Cl)cc4c32)CCO1. The molecule has 2 aromatic heterocycles. The Labute approximate surface area is 186 Å². The van der Waals surface area contributed by atoms with E-state index in [1.807, 2.05) is 18.2 Å². The van der Waals surface area contributed by atoms with Gasteiger partial charge in [-0.25, -0.2) is 4.98 Å². The van der Waals surface area contributed by atoms with Crippen molar-refractivity contribution in [3.8, 4) is 0 Å². The van der Waals surface area contributed by atoms with Crippen molar-refractivity contribution in [2.75, 3.05) is 19.8 Å². The fourth-order valence-electron chi connectivity index (χ4n) is 4.79. The molecule has 0 aliphatic carbocycles. The predicted octanol–water partition coefficient (Wildman–Crippen LogP) is 3.82. The number of halogens is 1. The first-order chi connectivity index (χ1) is 15.1. The van der Waals surface area contributed by atoms with E-state index < -0.39 is 0 Å². The van der Waals surface area contributed by atoms with Crippen LogP contribution in [0.1, 0.15) is 44.5 Å². The number of hydrogen-bond donors (Lipinski definition) is 1. The van der Waals surface area contributed by atoms with Crippen molar-refractivity contribution in [1.82, 2.24) is 19.9 Å².